The molecule has 0 bridgehead atoms. The van der Waals surface area contributed by atoms with Crippen molar-refractivity contribution in [3.63, 3.8) is 0 Å². The van der Waals surface area contributed by atoms with Gasteiger partial charge < -0.3 is 4.74 Å². The first kappa shape index (κ1) is 16.1. The number of aromatic nitrogens is 2. The minimum absolute atomic E-state index is 0.155. The molecular formula is C14H28N4O. The average Bonchev–Trinajstić information content (AvgIpc) is 2.83. The van der Waals surface area contributed by atoms with E-state index in [2.05, 4.69) is 24.4 Å². The molecule has 1 atom stereocenters. The Morgan fingerprint density at radius 2 is 2.11 bits per heavy atom. The molecule has 0 aliphatic heterocycles. The van der Waals surface area contributed by atoms with Gasteiger partial charge in [0.15, 0.2) is 0 Å². The fourth-order valence-corrected chi connectivity index (χ4v) is 2.75. The highest BCUT2D eigenvalue weighted by atomic mass is 16.5. The summed E-state index contributed by atoms with van der Waals surface area (Å²) in [6, 6.07) is 0.155. The quantitative estimate of drug-likeness (QED) is 0.529. The summed E-state index contributed by atoms with van der Waals surface area (Å²) in [6.07, 6.45) is 7.78. The first-order chi connectivity index (χ1) is 9.11. The minimum atomic E-state index is -0.175. The van der Waals surface area contributed by atoms with Gasteiger partial charge in [-0.2, -0.15) is 5.10 Å². The van der Waals surface area contributed by atoms with Gasteiger partial charge in [-0.1, -0.05) is 13.8 Å². The lowest BCUT2D eigenvalue weighted by molar-refractivity contribution is -0.0737. The smallest absolute Gasteiger partial charge is 0.0842 e. The van der Waals surface area contributed by atoms with Crippen LogP contribution in [0.15, 0.2) is 12.4 Å². The van der Waals surface area contributed by atoms with E-state index in [0.29, 0.717) is 6.61 Å². The molecule has 0 radical (unpaired) electrons. The third kappa shape index (κ3) is 4.03. The Hall–Kier alpha value is -0.910. The van der Waals surface area contributed by atoms with Gasteiger partial charge in [0.1, 0.15) is 0 Å². The molecule has 1 aromatic rings. The highest BCUT2D eigenvalue weighted by Gasteiger charge is 2.35. The fraction of sp³-hybridized carbons (Fsp3) is 0.786. The van der Waals surface area contributed by atoms with E-state index in [4.69, 9.17) is 10.6 Å². The van der Waals surface area contributed by atoms with Gasteiger partial charge in [0.25, 0.3) is 0 Å². The van der Waals surface area contributed by atoms with Crippen molar-refractivity contribution < 1.29 is 4.74 Å². The van der Waals surface area contributed by atoms with Crippen molar-refractivity contribution in [1.82, 2.24) is 15.2 Å². The Morgan fingerprint density at radius 1 is 1.42 bits per heavy atom. The number of nitrogens with one attached hydrogen (secondary N) is 1. The van der Waals surface area contributed by atoms with Crippen molar-refractivity contribution in [1.29, 1.82) is 0 Å². The molecule has 0 saturated heterocycles. The van der Waals surface area contributed by atoms with Gasteiger partial charge in [-0.15, -0.1) is 0 Å². The van der Waals surface area contributed by atoms with E-state index in [1.807, 2.05) is 31.0 Å². The normalized spacial score (nSPS) is 13.7. The van der Waals surface area contributed by atoms with Crippen LogP contribution in [0.3, 0.4) is 0 Å². The highest BCUT2D eigenvalue weighted by molar-refractivity contribution is 5.05. The first-order valence-electron chi connectivity index (χ1n) is 7.19. The number of rotatable bonds is 9. The van der Waals surface area contributed by atoms with Gasteiger partial charge in [0, 0.05) is 19.9 Å². The second kappa shape index (κ2) is 7.62. The van der Waals surface area contributed by atoms with Gasteiger partial charge in [-0.3, -0.25) is 16.0 Å². The van der Waals surface area contributed by atoms with Crippen LogP contribution in [0.5, 0.6) is 0 Å². The summed E-state index contributed by atoms with van der Waals surface area (Å²) in [5.41, 5.74) is 4.02. The highest BCUT2D eigenvalue weighted by Crippen LogP contribution is 2.27. The zero-order valence-electron chi connectivity index (χ0n) is 12.6. The van der Waals surface area contributed by atoms with E-state index in [9.17, 15) is 0 Å². The molecule has 0 aromatic carbocycles. The van der Waals surface area contributed by atoms with Crippen LogP contribution >= 0.6 is 0 Å². The zero-order valence-corrected chi connectivity index (χ0v) is 12.6. The lowest BCUT2D eigenvalue weighted by atomic mass is 9.85. The maximum Gasteiger partial charge on any atom is 0.0842 e. The Bertz CT molecular complexity index is 360. The van der Waals surface area contributed by atoms with E-state index < -0.39 is 0 Å². The van der Waals surface area contributed by atoms with Crippen LogP contribution in [-0.4, -0.2) is 28.0 Å². The molecule has 110 valence electrons. The van der Waals surface area contributed by atoms with Gasteiger partial charge in [-0.05, 0) is 38.2 Å². The molecule has 1 rings (SSSR count). The molecule has 0 aliphatic rings. The molecule has 0 saturated carbocycles. The van der Waals surface area contributed by atoms with Crippen molar-refractivity contribution in [3.8, 4) is 0 Å². The molecule has 19 heavy (non-hydrogen) atoms. The molecule has 0 amide bonds. The van der Waals surface area contributed by atoms with Crippen LogP contribution in [0, 0.1) is 0 Å². The molecule has 1 heterocycles. The van der Waals surface area contributed by atoms with Gasteiger partial charge in [0.05, 0.1) is 17.8 Å². The van der Waals surface area contributed by atoms with Crippen LogP contribution in [0.4, 0.5) is 0 Å². The number of hydrogen-bond donors (Lipinski definition) is 2. The second-order valence-corrected chi connectivity index (χ2v) is 4.99. The summed E-state index contributed by atoms with van der Waals surface area (Å²) >= 11 is 0. The zero-order chi connectivity index (χ0) is 14.3. The Kier molecular flexibility index (Phi) is 6.48. The predicted octanol–water partition coefficient (Wildman–Crippen LogP) is 1.78. The van der Waals surface area contributed by atoms with Crippen molar-refractivity contribution in [3.05, 3.63) is 18.0 Å². The Morgan fingerprint density at radius 3 is 2.53 bits per heavy atom. The maximum atomic E-state index is 6.01. The molecule has 0 fully saturated rings. The van der Waals surface area contributed by atoms with Crippen LogP contribution in [-0.2, 0) is 18.2 Å². The molecule has 5 heteroatoms. The van der Waals surface area contributed by atoms with Crippen molar-refractivity contribution >= 4 is 0 Å². The Labute approximate surface area is 116 Å². The summed E-state index contributed by atoms with van der Waals surface area (Å²) in [5, 5.41) is 4.19. The third-order valence-corrected chi connectivity index (χ3v) is 3.95. The number of hydrogen-bond acceptors (Lipinski definition) is 4. The largest absolute Gasteiger partial charge is 0.374 e. The third-order valence-electron chi connectivity index (χ3n) is 3.95. The van der Waals surface area contributed by atoms with E-state index >= 15 is 0 Å². The molecule has 3 N–H and O–H groups in total. The summed E-state index contributed by atoms with van der Waals surface area (Å²) in [4.78, 5) is 0. The molecule has 1 unspecified atom stereocenters. The van der Waals surface area contributed by atoms with Gasteiger partial charge in [0.2, 0.25) is 0 Å². The van der Waals surface area contributed by atoms with Crippen LogP contribution in [0.1, 0.15) is 45.6 Å². The molecule has 0 aliphatic carbocycles. The molecular weight excluding hydrogens is 240 g/mol. The summed E-state index contributed by atoms with van der Waals surface area (Å²) in [6.45, 7) is 7.07. The van der Waals surface area contributed by atoms with E-state index in [0.717, 1.165) is 25.7 Å². The van der Waals surface area contributed by atoms with Gasteiger partial charge in [-0.25, -0.2) is 0 Å². The monoisotopic (exact) mass is 268 g/mol. The lowest BCUT2D eigenvalue weighted by Gasteiger charge is -2.39. The van der Waals surface area contributed by atoms with E-state index in [-0.39, 0.29) is 11.6 Å². The molecule has 5 nitrogen and oxygen atoms in total. The van der Waals surface area contributed by atoms with Crippen molar-refractivity contribution in [2.45, 2.75) is 58.1 Å². The average molecular weight is 268 g/mol. The Balaban J connectivity index is 2.69. The summed E-state index contributed by atoms with van der Waals surface area (Å²) in [5.74, 6) is 5.76. The second-order valence-electron chi connectivity index (χ2n) is 4.99. The molecule has 1 aromatic heterocycles. The maximum absolute atomic E-state index is 6.01. The van der Waals surface area contributed by atoms with Crippen LogP contribution < -0.4 is 11.3 Å². The van der Waals surface area contributed by atoms with Crippen molar-refractivity contribution in [2.24, 2.45) is 12.9 Å². The van der Waals surface area contributed by atoms with Crippen molar-refractivity contribution in [2.75, 3.05) is 6.61 Å². The standard InChI is InChI=1S/C14H28N4O/c1-5-14(6-2,19-7-3)13(17-15)9-8-12-10-16-18(4)11-12/h10-11,13,17H,5-9,15H2,1-4H3. The van der Waals surface area contributed by atoms with Crippen LogP contribution in [0.2, 0.25) is 0 Å². The topological polar surface area (TPSA) is 65.1 Å². The van der Waals surface area contributed by atoms with Gasteiger partial charge >= 0.3 is 0 Å². The number of ether oxygens (including phenoxy) is 1. The van der Waals surface area contributed by atoms with E-state index in [1.165, 1.54) is 5.56 Å². The predicted molar refractivity (Wildman–Crippen MR) is 77.6 cm³/mol. The number of hydrazine groups is 1. The van der Waals surface area contributed by atoms with E-state index in [1.54, 1.807) is 0 Å². The SMILES string of the molecule is CCOC(CC)(CC)C(CCc1cnn(C)c1)NN. The molecule has 0 spiro atoms. The lowest BCUT2D eigenvalue weighted by Crippen LogP contribution is -2.54. The summed E-state index contributed by atoms with van der Waals surface area (Å²) in [7, 11) is 1.94. The number of nitrogens with two attached hydrogens (primary N) is 1. The number of aryl methyl sites for hydroxylation is 2. The fourth-order valence-electron chi connectivity index (χ4n) is 2.75. The number of nitrogens with zero attached hydrogens (tertiary/aromatic N) is 2. The van der Waals surface area contributed by atoms with Crippen LogP contribution in [0.25, 0.3) is 0 Å². The summed E-state index contributed by atoms with van der Waals surface area (Å²) < 4.78 is 7.84. The first-order valence-corrected chi connectivity index (χ1v) is 7.19. The minimum Gasteiger partial charge on any atom is -0.374 e.